The van der Waals surface area contributed by atoms with E-state index in [0.29, 0.717) is 11.4 Å². The van der Waals surface area contributed by atoms with Crippen LogP contribution in [0.25, 0.3) is 0 Å². The van der Waals surface area contributed by atoms with Gasteiger partial charge in [-0.3, -0.25) is 10.1 Å². The van der Waals surface area contributed by atoms with Gasteiger partial charge in [-0.05, 0) is 24.6 Å². The summed E-state index contributed by atoms with van der Waals surface area (Å²) in [5.41, 5.74) is 0.694. The van der Waals surface area contributed by atoms with E-state index in [9.17, 15) is 10.1 Å². The molecule has 1 unspecified atom stereocenters. The monoisotopic (exact) mass is 276 g/mol. The SMILES string of the molecule is CCC(Nc1ccc([N+](=O)[O-])cc1OC)c1ccco1. The molecule has 1 aromatic carbocycles. The average molecular weight is 276 g/mol. The molecule has 6 heteroatoms. The summed E-state index contributed by atoms with van der Waals surface area (Å²) < 4.78 is 10.6. The highest BCUT2D eigenvalue weighted by molar-refractivity contribution is 5.61. The zero-order valence-corrected chi connectivity index (χ0v) is 11.3. The van der Waals surface area contributed by atoms with Crippen molar-refractivity contribution in [3.63, 3.8) is 0 Å². The van der Waals surface area contributed by atoms with E-state index in [1.165, 1.54) is 19.2 Å². The molecule has 0 amide bonds. The van der Waals surface area contributed by atoms with Crippen LogP contribution in [0.3, 0.4) is 0 Å². The van der Waals surface area contributed by atoms with Gasteiger partial charge in [0.05, 0.1) is 36.1 Å². The van der Waals surface area contributed by atoms with Crippen molar-refractivity contribution < 1.29 is 14.1 Å². The number of ether oxygens (including phenoxy) is 1. The first kappa shape index (κ1) is 13.9. The van der Waals surface area contributed by atoms with Gasteiger partial charge in [0.1, 0.15) is 11.5 Å². The Hall–Kier alpha value is -2.50. The van der Waals surface area contributed by atoms with Crippen molar-refractivity contribution in [3.05, 3.63) is 52.5 Å². The molecule has 0 bridgehead atoms. The molecular formula is C14H16N2O4. The highest BCUT2D eigenvalue weighted by atomic mass is 16.6. The van der Waals surface area contributed by atoms with Crippen LogP contribution in [0, 0.1) is 10.1 Å². The van der Waals surface area contributed by atoms with Crippen LogP contribution in [0.5, 0.6) is 5.75 Å². The lowest BCUT2D eigenvalue weighted by Crippen LogP contribution is -2.09. The quantitative estimate of drug-likeness (QED) is 0.642. The highest BCUT2D eigenvalue weighted by Gasteiger charge is 2.16. The summed E-state index contributed by atoms with van der Waals surface area (Å²) in [7, 11) is 1.48. The lowest BCUT2D eigenvalue weighted by molar-refractivity contribution is -0.384. The fourth-order valence-corrected chi connectivity index (χ4v) is 1.96. The molecule has 1 N–H and O–H groups in total. The van der Waals surface area contributed by atoms with Gasteiger partial charge in [0.15, 0.2) is 0 Å². The second-order valence-electron chi connectivity index (χ2n) is 4.26. The summed E-state index contributed by atoms with van der Waals surface area (Å²) in [6, 6.07) is 8.19. The molecular weight excluding hydrogens is 260 g/mol. The Morgan fingerprint density at radius 3 is 2.80 bits per heavy atom. The molecule has 0 aliphatic carbocycles. The first-order valence-electron chi connectivity index (χ1n) is 6.28. The molecule has 6 nitrogen and oxygen atoms in total. The smallest absolute Gasteiger partial charge is 0.273 e. The summed E-state index contributed by atoms with van der Waals surface area (Å²) in [5, 5.41) is 14.0. The van der Waals surface area contributed by atoms with Crippen LogP contribution < -0.4 is 10.1 Å². The molecule has 20 heavy (non-hydrogen) atoms. The van der Waals surface area contributed by atoms with Crippen molar-refractivity contribution >= 4 is 11.4 Å². The summed E-state index contributed by atoms with van der Waals surface area (Å²) in [5.74, 6) is 1.25. The van der Waals surface area contributed by atoms with Crippen LogP contribution >= 0.6 is 0 Å². The standard InChI is InChI=1S/C14H16N2O4/c1-3-11(13-5-4-8-20-13)15-12-7-6-10(16(17)18)9-14(12)19-2/h4-9,11,15H,3H2,1-2H3. The molecule has 0 radical (unpaired) electrons. The third-order valence-electron chi connectivity index (χ3n) is 3.02. The van der Waals surface area contributed by atoms with Gasteiger partial charge in [0.2, 0.25) is 0 Å². The first-order valence-corrected chi connectivity index (χ1v) is 6.28. The summed E-state index contributed by atoms with van der Waals surface area (Å²) in [4.78, 5) is 10.3. The summed E-state index contributed by atoms with van der Waals surface area (Å²) in [6.45, 7) is 2.03. The molecule has 0 aliphatic heterocycles. The maximum absolute atomic E-state index is 10.8. The van der Waals surface area contributed by atoms with Gasteiger partial charge in [-0.1, -0.05) is 6.92 Å². The number of nitro benzene ring substituents is 1. The molecule has 0 saturated carbocycles. The second-order valence-corrected chi connectivity index (χ2v) is 4.26. The van der Waals surface area contributed by atoms with Crippen LogP contribution in [0.15, 0.2) is 41.0 Å². The van der Waals surface area contributed by atoms with Crippen molar-refractivity contribution in [1.82, 2.24) is 0 Å². The minimum atomic E-state index is -0.448. The molecule has 0 aliphatic rings. The van der Waals surface area contributed by atoms with Gasteiger partial charge in [-0.25, -0.2) is 0 Å². The fraction of sp³-hybridized carbons (Fsp3) is 0.286. The number of anilines is 1. The van der Waals surface area contributed by atoms with Gasteiger partial charge < -0.3 is 14.5 Å². The molecule has 1 aromatic heterocycles. The van der Waals surface area contributed by atoms with E-state index in [1.54, 1.807) is 12.3 Å². The fourth-order valence-electron chi connectivity index (χ4n) is 1.96. The zero-order valence-electron chi connectivity index (χ0n) is 11.3. The van der Waals surface area contributed by atoms with Gasteiger partial charge in [0, 0.05) is 6.07 Å². The van der Waals surface area contributed by atoms with Crippen molar-refractivity contribution in [2.45, 2.75) is 19.4 Å². The van der Waals surface area contributed by atoms with Crippen molar-refractivity contribution in [1.29, 1.82) is 0 Å². The Morgan fingerprint density at radius 1 is 1.45 bits per heavy atom. The van der Waals surface area contributed by atoms with Crippen LogP contribution in [-0.2, 0) is 0 Å². The van der Waals surface area contributed by atoms with Gasteiger partial charge >= 0.3 is 0 Å². The average Bonchev–Trinajstić information content (AvgIpc) is 2.98. The number of hydrogen-bond donors (Lipinski definition) is 1. The number of hydrogen-bond acceptors (Lipinski definition) is 5. The number of nitrogens with one attached hydrogen (secondary N) is 1. The number of nitrogens with zero attached hydrogens (tertiary/aromatic N) is 1. The van der Waals surface area contributed by atoms with Crippen molar-refractivity contribution in [2.24, 2.45) is 0 Å². The lowest BCUT2D eigenvalue weighted by atomic mass is 10.1. The normalized spacial score (nSPS) is 11.9. The Bertz CT molecular complexity index is 581. The van der Waals surface area contributed by atoms with E-state index in [2.05, 4.69) is 5.32 Å². The van der Waals surface area contributed by atoms with Crippen molar-refractivity contribution in [3.8, 4) is 5.75 Å². The number of furan rings is 1. The van der Waals surface area contributed by atoms with E-state index in [-0.39, 0.29) is 11.7 Å². The van der Waals surface area contributed by atoms with Crippen LogP contribution in [0.1, 0.15) is 25.1 Å². The van der Waals surface area contributed by atoms with E-state index in [0.717, 1.165) is 12.2 Å². The number of rotatable bonds is 6. The molecule has 0 spiro atoms. The third kappa shape index (κ3) is 2.90. The number of nitro groups is 1. The third-order valence-corrected chi connectivity index (χ3v) is 3.02. The van der Waals surface area contributed by atoms with Crippen LogP contribution in [0.4, 0.5) is 11.4 Å². The summed E-state index contributed by atoms with van der Waals surface area (Å²) >= 11 is 0. The van der Waals surface area contributed by atoms with E-state index in [4.69, 9.17) is 9.15 Å². The maximum Gasteiger partial charge on any atom is 0.273 e. The Labute approximate surface area is 116 Å². The molecule has 2 aromatic rings. The second kappa shape index (κ2) is 6.10. The van der Waals surface area contributed by atoms with Gasteiger partial charge in [-0.2, -0.15) is 0 Å². The predicted molar refractivity (Wildman–Crippen MR) is 75.0 cm³/mol. The van der Waals surface area contributed by atoms with Crippen LogP contribution in [-0.4, -0.2) is 12.0 Å². The Kier molecular flexibility index (Phi) is 4.24. The van der Waals surface area contributed by atoms with E-state index < -0.39 is 4.92 Å². The Balaban J connectivity index is 2.26. The molecule has 1 atom stereocenters. The van der Waals surface area contributed by atoms with Crippen LogP contribution in [0.2, 0.25) is 0 Å². The maximum atomic E-state index is 10.8. The number of non-ortho nitro benzene ring substituents is 1. The van der Waals surface area contributed by atoms with Gasteiger partial charge in [-0.15, -0.1) is 0 Å². The minimum absolute atomic E-state index is 0.00144. The van der Waals surface area contributed by atoms with Crippen molar-refractivity contribution in [2.75, 3.05) is 12.4 Å². The molecule has 0 saturated heterocycles. The highest BCUT2D eigenvalue weighted by Crippen LogP contribution is 2.32. The predicted octanol–water partition coefficient (Wildman–Crippen LogP) is 3.76. The number of benzene rings is 1. The zero-order chi connectivity index (χ0) is 14.5. The lowest BCUT2D eigenvalue weighted by Gasteiger charge is -2.18. The molecule has 0 fully saturated rings. The van der Waals surface area contributed by atoms with E-state index in [1.807, 2.05) is 19.1 Å². The number of methoxy groups -OCH3 is 1. The summed E-state index contributed by atoms with van der Waals surface area (Å²) in [6.07, 6.45) is 2.43. The minimum Gasteiger partial charge on any atom is -0.494 e. The topological polar surface area (TPSA) is 77.5 Å². The van der Waals surface area contributed by atoms with E-state index >= 15 is 0 Å². The Morgan fingerprint density at radius 2 is 2.25 bits per heavy atom. The largest absolute Gasteiger partial charge is 0.494 e. The molecule has 1 heterocycles. The molecule has 2 rings (SSSR count). The first-order chi connectivity index (χ1) is 9.65. The van der Waals surface area contributed by atoms with Gasteiger partial charge in [0.25, 0.3) is 5.69 Å². The molecule has 106 valence electrons.